The molecule has 0 saturated heterocycles. The molecule has 1 aromatic heterocycles. The van der Waals surface area contributed by atoms with Crippen molar-refractivity contribution >= 4 is 17.6 Å². The topological polar surface area (TPSA) is 66.4 Å². The van der Waals surface area contributed by atoms with Crippen LogP contribution in [0.4, 0.5) is 5.69 Å². The van der Waals surface area contributed by atoms with Gasteiger partial charge in [-0.25, -0.2) is 4.99 Å². The molecule has 0 aliphatic rings. The van der Waals surface area contributed by atoms with Crippen LogP contribution in [0.5, 0.6) is 0 Å². The average Bonchev–Trinajstić information content (AvgIpc) is 2.71. The number of hydrogen-bond acceptors (Lipinski definition) is 3. The van der Waals surface area contributed by atoms with Gasteiger partial charge in [-0.05, 0) is 74.2 Å². The molecule has 3 aromatic rings. The van der Waals surface area contributed by atoms with Crippen LogP contribution in [0, 0.1) is 27.7 Å². The van der Waals surface area contributed by atoms with Crippen LogP contribution in [0.25, 0.3) is 0 Å². The predicted molar refractivity (Wildman–Crippen MR) is 118 cm³/mol. The Labute approximate surface area is 171 Å². The van der Waals surface area contributed by atoms with Gasteiger partial charge in [0.05, 0.1) is 6.54 Å². The summed E-state index contributed by atoms with van der Waals surface area (Å²) in [6, 6.07) is 15.6. The van der Waals surface area contributed by atoms with Crippen LogP contribution in [0.1, 0.15) is 38.2 Å². The van der Waals surface area contributed by atoms with Crippen molar-refractivity contribution in [3.05, 3.63) is 94.3 Å². The molecule has 2 N–H and O–H groups in total. The summed E-state index contributed by atoms with van der Waals surface area (Å²) in [6.07, 6.45) is 3.49. The van der Waals surface area contributed by atoms with E-state index in [4.69, 9.17) is 0 Å². The van der Waals surface area contributed by atoms with Crippen molar-refractivity contribution in [2.24, 2.45) is 4.99 Å². The van der Waals surface area contributed by atoms with Gasteiger partial charge in [0.2, 0.25) is 5.96 Å². The van der Waals surface area contributed by atoms with E-state index in [-0.39, 0.29) is 5.91 Å². The molecule has 5 nitrogen and oxygen atoms in total. The number of nitrogens with one attached hydrogen (secondary N) is 2. The van der Waals surface area contributed by atoms with Crippen molar-refractivity contribution < 1.29 is 4.79 Å². The number of anilines is 1. The van der Waals surface area contributed by atoms with E-state index in [0.717, 1.165) is 27.9 Å². The largest absolute Gasteiger partial charge is 0.326 e. The van der Waals surface area contributed by atoms with E-state index in [2.05, 4.69) is 33.6 Å². The highest BCUT2D eigenvalue weighted by atomic mass is 16.1. The Morgan fingerprint density at radius 1 is 0.966 bits per heavy atom. The Balaban J connectivity index is 1.84. The molecular formula is C24H26N4O. The third-order valence-electron chi connectivity index (χ3n) is 4.78. The molecule has 148 valence electrons. The molecule has 0 radical (unpaired) electrons. The Morgan fingerprint density at radius 2 is 1.79 bits per heavy atom. The summed E-state index contributed by atoms with van der Waals surface area (Å²) in [4.78, 5) is 21.5. The van der Waals surface area contributed by atoms with Gasteiger partial charge in [0.1, 0.15) is 0 Å². The Bertz CT molecular complexity index is 1040. The zero-order chi connectivity index (χ0) is 20.8. The molecule has 2 aromatic carbocycles. The number of guanidine groups is 1. The minimum absolute atomic E-state index is 0.199. The summed E-state index contributed by atoms with van der Waals surface area (Å²) < 4.78 is 0. The van der Waals surface area contributed by atoms with Crippen LogP contribution in [-0.4, -0.2) is 16.9 Å². The van der Waals surface area contributed by atoms with E-state index in [0.29, 0.717) is 18.1 Å². The minimum Gasteiger partial charge on any atom is -0.326 e. The number of aromatic nitrogens is 1. The summed E-state index contributed by atoms with van der Waals surface area (Å²) in [6.45, 7) is 8.51. The van der Waals surface area contributed by atoms with Crippen LogP contribution >= 0.6 is 0 Å². The molecule has 0 bridgehead atoms. The van der Waals surface area contributed by atoms with Gasteiger partial charge in [0, 0.05) is 23.6 Å². The number of benzene rings is 2. The van der Waals surface area contributed by atoms with E-state index in [1.807, 2.05) is 63.2 Å². The molecule has 3 rings (SSSR count). The minimum atomic E-state index is -0.199. The second kappa shape index (κ2) is 9.15. The highest BCUT2D eigenvalue weighted by Gasteiger charge is 2.11. The van der Waals surface area contributed by atoms with E-state index in [9.17, 15) is 4.79 Å². The summed E-state index contributed by atoms with van der Waals surface area (Å²) in [5.41, 5.74) is 6.97. The standard InChI is InChI=1S/C24H26N4O/c1-16-7-10-22(19(4)12-16)27-24(26-15-20-6-5-11-25-14-20)28-23(29)21-9-8-17(2)18(3)13-21/h5-14H,15H2,1-4H3,(H2,26,27,28,29). The van der Waals surface area contributed by atoms with Crippen molar-refractivity contribution in [2.45, 2.75) is 34.2 Å². The molecule has 5 heteroatoms. The predicted octanol–water partition coefficient (Wildman–Crippen LogP) is 4.71. The molecule has 0 fully saturated rings. The van der Waals surface area contributed by atoms with E-state index < -0.39 is 0 Å². The van der Waals surface area contributed by atoms with E-state index >= 15 is 0 Å². The van der Waals surface area contributed by atoms with Crippen molar-refractivity contribution in [1.29, 1.82) is 0 Å². The number of carbonyl (C=O) groups is 1. The van der Waals surface area contributed by atoms with Crippen LogP contribution in [0.3, 0.4) is 0 Å². The van der Waals surface area contributed by atoms with Crippen molar-refractivity contribution in [3.63, 3.8) is 0 Å². The third-order valence-corrected chi connectivity index (χ3v) is 4.78. The fourth-order valence-electron chi connectivity index (χ4n) is 2.92. The maximum absolute atomic E-state index is 12.8. The first-order valence-electron chi connectivity index (χ1n) is 9.58. The highest BCUT2D eigenvalue weighted by Crippen LogP contribution is 2.16. The Kier molecular flexibility index (Phi) is 6.39. The summed E-state index contributed by atoms with van der Waals surface area (Å²) in [5, 5.41) is 6.19. The lowest BCUT2D eigenvalue weighted by Gasteiger charge is -2.14. The van der Waals surface area contributed by atoms with Crippen molar-refractivity contribution in [3.8, 4) is 0 Å². The first kappa shape index (κ1) is 20.3. The molecule has 0 aliphatic heterocycles. The summed E-state index contributed by atoms with van der Waals surface area (Å²) >= 11 is 0. The number of aliphatic imine (C=N–C) groups is 1. The van der Waals surface area contributed by atoms with Gasteiger partial charge >= 0.3 is 0 Å². The fraction of sp³-hybridized carbons (Fsp3) is 0.208. The van der Waals surface area contributed by atoms with Gasteiger partial charge in [-0.1, -0.05) is 29.8 Å². The van der Waals surface area contributed by atoms with Crippen molar-refractivity contribution in [1.82, 2.24) is 10.3 Å². The first-order valence-corrected chi connectivity index (χ1v) is 9.58. The maximum Gasteiger partial charge on any atom is 0.257 e. The van der Waals surface area contributed by atoms with Crippen LogP contribution in [0.15, 0.2) is 65.9 Å². The maximum atomic E-state index is 12.8. The first-order chi connectivity index (χ1) is 13.9. The van der Waals surface area contributed by atoms with Crippen LogP contribution in [-0.2, 0) is 6.54 Å². The lowest BCUT2D eigenvalue weighted by Crippen LogP contribution is -2.36. The molecule has 0 saturated carbocycles. The number of hydrogen-bond donors (Lipinski definition) is 2. The molecular weight excluding hydrogens is 360 g/mol. The number of nitrogens with zero attached hydrogens (tertiary/aromatic N) is 2. The van der Waals surface area contributed by atoms with E-state index in [1.165, 1.54) is 5.56 Å². The average molecular weight is 386 g/mol. The SMILES string of the molecule is Cc1ccc(NC(=NCc2cccnc2)NC(=O)c2ccc(C)c(C)c2)c(C)c1. The number of amides is 1. The summed E-state index contributed by atoms with van der Waals surface area (Å²) in [5.74, 6) is 0.208. The lowest BCUT2D eigenvalue weighted by molar-refractivity contribution is 0.0977. The molecule has 1 heterocycles. The van der Waals surface area contributed by atoms with Gasteiger partial charge in [-0.2, -0.15) is 0 Å². The zero-order valence-corrected chi connectivity index (χ0v) is 17.3. The number of aryl methyl sites for hydroxylation is 4. The van der Waals surface area contributed by atoms with E-state index in [1.54, 1.807) is 12.4 Å². The lowest BCUT2D eigenvalue weighted by atomic mass is 10.1. The fourth-order valence-corrected chi connectivity index (χ4v) is 2.92. The molecule has 0 atom stereocenters. The van der Waals surface area contributed by atoms with Gasteiger partial charge in [0.15, 0.2) is 0 Å². The molecule has 29 heavy (non-hydrogen) atoms. The van der Waals surface area contributed by atoms with Crippen molar-refractivity contribution in [2.75, 3.05) is 5.32 Å². The highest BCUT2D eigenvalue weighted by molar-refractivity contribution is 6.10. The second-order valence-electron chi connectivity index (χ2n) is 7.22. The molecule has 0 spiro atoms. The molecule has 1 amide bonds. The quantitative estimate of drug-likeness (QED) is 0.504. The third kappa shape index (κ3) is 5.51. The van der Waals surface area contributed by atoms with Gasteiger partial charge in [-0.3, -0.25) is 15.1 Å². The van der Waals surface area contributed by atoms with Gasteiger partial charge in [-0.15, -0.1) is 0 Å². The Morgan fingerprint density at radius 3 is 2.48 bits per heavy atom. The Hall–Kier alpha value is -3.47. The summed E-state index contributed by atoms with van der Waals surface area (Å²) in [7, 11) is 0. The number of rotatable bonds is 4. The molecule has 0 unspecified atom stereocenters. The monoisotopic (exact) mass is 386 g/mol. The van der Waals surface area contributed by atoms with Crippen LogP contribution in [0.2, 0.25) is 0 Å². The zero-order valence-electron chi connectivity index (χ0n) is 17.3. The normalized spacial score (nSPS) is 11.2. The smallest absolute Gasteiger partial charge is 0.257 e. The number of pyridine rings is 1. The van der Waals surface area contributed by atoms with Gasteiger partial charge in [0.25, 0.3) is 5.91 Å². The van der Waals surface area contributed by atoms with Gasteiger partial charge < -0.3 is 5.32 Å². The second-order valence-corrected chi connectivity index (χ2v) is 7.22. The van der Waals surface area contributed by atoms with Crippen LogP contribution < -0.4 is 10.6 Å². The number of carbonyl (C=O) groups excluding carboxylic acids is 1. The molecule has 0 aliphatic carbocycles.